The number of carbonyl (C=O) groups excluding carboxylic acids is 2. The van der Waals surface area contributed by atoms with Crippen molar-refractivity contribution in [3.05, 3.63) is 48.0 Å². The highest BCUT2D eigenvalue weighted by Crippen LogP contribution is 2.37. The van der Waals surface area contributed by atoms with Gasteiger partial charge in [-0.25, -0.2) is 4.79 Å². The number of esters is 1. The Morgan fingerprint density at radius 1 is 1.25 bits per heavy atom. The summed E-state index contributed by atoms with van der Waals surface area (Å²) >= 11 is 3.32. The summed E-state index contributed by atoms with van der Waals surface area (Å²) < 4.78 is 10.6. The van der Waals surface area contributed by atoms with Crippen LogP contribution in [0.2, 0.25) is 0 Å². The number of thioether (sulfide) groups is 2. The van der Waals surface area contributed by atoms with Crippen LogP contribution in [0.5, 0.6) is 5.75 Å². The number of amides is 1. The fourth-order valence-corrected chi connectivity index (χ4v) is 4.54. The van der Waals surface area contributed by atoms with Crippen molar-refractivity contribution in [1.29, 1.82) is 0 Å². The lowest BCUT2D eigenvalue weighted by Gasteiger charge is -2.22. The van der Waals surface area contributed by atoms with Crippen molar-refractivity contribution in [2.24, 2.45) is 0 Å². The van der Waals surface area contributed by atoms with Crippen LogP contribution < -0.4 is 9.64 Å². The molecule has 3 rings (SSSR count). The summed E-state index contributed by atoms with van der Waals surface area (Å²) in [5.41, 5.74) is 1.19. The van der Waals surface area contributed by atoms with Crippen LogP contribution in [0.1, 0.15) is 23.7 Å². The number of hydrogen-bond acceptors (Lipinski definition) is 6. The Hall–Kier alpha value is -2.12. The zero-order chi connectivity index (χ0) is 20.1. The first-order valence-corrected chi connectivity index (χ1v) is 11.1. The van der Waals surface area contributed by atoms with E-state index < -0.39 is 5.97 Å². The van der Waals surface area contributed by atoms with Gasteiger partial charge in [-0.3, -0.25) is 4.79 Å². The summed E-state index contributed by atoms with van der Waals surface area (Å²) in [6.07, 6.45) is 2.83. The summed E-state index contributed by atoms with van der Waals surface area (Å²) in [5.74, 6) is -0.353. The monoisotopic (exact) mass is 417 g/mol. The highest BCUT2D eigenvalue weighted by molar-refractivity contribution is 8.00. The van der Waals surface area contributed by atoms with E-state index in [9.17, 15) is 9.59 Å². The molecule has 148 valence electrons. The molecule has 0 saturated carbocycles. The SMILES string of the molecule is COc1cc(SC)ccc1C(=O)OCC(=O)N1CC[C@@H](C)Sc2ccccc21. The number of hydrogen-bond donors (Lipinski definition) is 0. The predicted octanol–water partition coefficient (Wildman–Crippen LogP) is 4.49. The Balaban J connectivity index is 1.71. The van der Waals surface area contributed by atoms with Gasteiger partial charge in [0.25, 0.3) is 5.91 Å². The van der Waals surface area contributed by atoms with E-state index in [-0.39, 0.29) is 12.5 Å². The third-order valence-electron chi connectivity index (χ3n) is 4.50. The van der Waals surface area contributed by atoms with Gasteiger partial charge >= 0.3 is 5.97 Å². The number of carbonyl (C=O) groups is 2. The fraction of sp³-hybridized carbons (Fsp3) is 0.333. The van der Waals surface area contributed by atoms with Gasteiger partial charge in [0.1, 0.15) is 11.3 Å². The number of anilines is 1. The van der Waals surface area contributed by atoms with Crippen molar-refractivity contribution >= 4 is 41.1 Å². The number of nitrogens with zero attached hydrogens (tertiary/aromatic N) is 1. The average molecular weight is 418 g/mol. The zero-order valence-electron chi connectivity index (χ0n) is 16.1. The fourth-order valence-electron chi connectivity index (χ4n) is 3.00. The molecular formula is C21H23NO4S2. The highest BCUT2D eigenvalue weighted by Gasteiger charge is 2.25. The molecule has 28 heavy (non-hydrogen) atoms. The number of ether oxygens (including phenoxy) is 2. The molecule has 0 radical (unpaired) electrons. The van der Waals surface area contributed by atoms with Gasteiger partial charge in [0, 0.05) is 21.6 Å². The minimum atomic E-state index is -0.566. The smallest absolute Gasteiger partial charge is 0.342 e. The standard InChI is InChI=1S/C21H23NO4S2/c1-14-10-11-22(17-6-4-5-7-19(17)28-14)20(23)13-26-21(24)16-9-8-15(27-3)12-18(16)25-2/h4-9,12,14H,10-11,13H2,1-3H3/t14-/m1/s1. The van der Waals surface area contributed by atoms with Crippen LogP contribution in [0.25, 0.3) is 0 Å². The molecule has 5 nitrogen and oxygen atoms in total. The minimum Gasteiger partial charge on any atom is -0.496 e. The van der Waals surface area contributed by atoms with Gasteiger partial charge in [-0.05, 0) is 43.0 Å². The Morgan fingerprint density at radius 2 is 2.04 bits per heavy atom. The van der Waals surface area contributed by atoms with Crippen molar-refractivity contribution in [2.75, 3.05) is 31.4 Å². The number of rotatable bonds is 5. The highest BCUT2D eigenvalue weighted by atomic mass is 32.2. The molecule has 1 amide bonds. The molecular weight excluding hydrogens is 394 g/mol. The van der Waals surface area contributed by atoms with Crippen molar-refractivity contribution in [2.45, 2.75) is 28.4 Å². The van der Waals surface area contributed by atoms with Gasteiger partial charge in [-0.2, -0.15) is 0 Å². The van der Waals surface area contributed by atoms with Crippen LogP contribution in [-0.4, -0.2) is 43.6 Å². The van der Waals surface area contributed by atoms with Gasteiger partial charge in [0.2, 0.25) is 0 Å². The molecule has 0 spiro atoms. The van der Waals surface area contributed by atoms with Gasteiger partial charge in [-0.1, -0.05) is 19.1 Å². The zero-order valence-corrected chi connectivity index (χ0v) is 17.8. The average Bonchev–Trinajstić information content (AvgIpc) is 2.89. The lowest BCUT2D eigenvalue weighted by Crippen LogP contribution is -2.35. The number of benzene rings is 2. The number of para-hydroxylation sites is 1. The van der Waals surface area contributed by atoms with E-state index >= 15 is 0 Å². The van der Waals surface area contributed by atoms with E-state index in [1.807, 2.05) is 36.6 Å². The molecule has 0 N–H and O–H groups in total. The predicted molar refractivity (Wildman–Crippen MR) is 114 cm³/mol. The van der Waals surface area contributed by atoms with Gasteiger partial charge in [0.15, 0.2) is 6.61 Å². The minimum absolute atomic E-state index is 0.227. The number of methoxy groups -OCH3 is 1. The Bertz CT molecular complexity index is 871. The Kier molecular flexibility index (Phi) is 6.91. The summed E-state index contributed by atoms with van der Waals surface area (Å²) in [4.78, 5) is 29.1. The van der Waals surface area contributed by atoms with Crippen LogP contribution in [0.4, 0.5) is 5.69 Å². The van der Waals surface area contributed by atoms with Crippen LogP contribution in [0, 0.1) is 0 Å². The van der Waals surface area contributed by atoms with Crippen molar-refractivity contribution < 1.29 is 19.1 Å². The maximum atomic E-state index is 12.8. The lowest BCUT2D eigenvalue weighted by molar-refractivity contribution is -0.121. The molecule has 7 heteroatoms. The molecule has 1 atom stereocenters. The van der Waals surface area contributed by atoms with E-state index in [0.717, 1.165) is 21.9 Å². The maximum absolute atomic E-state index is 12.8. The van der Waals surface area contributed by atoms with E-state index in [0.29, 0.717) is 23.1 Å². The van der Waals surface area contributed by atoms with Crippen LogP contribution in [0.15, 0.2) is 52.3 Å². The Labute approximate surface area is 173 Å². The quantitative estimate of drug-likeness (QED) is 0.528. The van der Waals surface area contributed by atoms with Crippen molar-refractivity contribution in [3.63, 3.8) is 0 Å². The van der Waals surface area contributed by atoms with Crippen molar-refractivity contribution in [3.8, 4) is 5.75 Å². The normalized spacial score (nSPS) is 16.1. The second kappa shape index (κ2) is 9.39. The van der Waals surface area contributed by atoms with Crippen LogP contribution in [0.3, 0.4) is 0 Å². The van der Waals surface area contributed by atoms with Gasteiger partial charge < -0.3 is 14.4 Å². The lowest BCUT2D eigenvalue weighted by atomic mass is 10.2. The van der Waals surface area contributed by atoms with E-state index in [4.69, 9.17) is 9.47 Å². The van der Waals surface area contributed by atoms with E-state index in [1.54, 1.807) is 40.6 Å². The molecule has 0 fully saturated rings. The van der Waals surface area contributed by atoms with Gasteiger partial charge in [-0.15, -0.1) is 23.5 Å². The molecule has 0 saturated heterocycles. The van der Waals surface area contributed by atoms with Gasteiger partial charge in [0.05, 0.1) is 12.8 Å². The third kappa shape index (κ3) is 4.64. The second-order valence-corrected chi connectivity index (χ2v) is 8.73. The number of fused-ring (bicyclic) bond motifs is 1. The molecule has 2 aromatic carbocycles. The molecule has 0 bridgehead atoms. The molecule has 0 aromatic heterocycles. The van der Waals surface area contributed by atoms with Crippen LogP contribution in [-0.2, 0) is 9.53 Å². The molecule has 0 aliphatic carbocycles. The molecule has 1 aliphatic rings. The maximum Gasteiger partial charge on any atom is 0.342 e. The van der Waals surface area contributed by atoms with Crippen LogP contribution >= 0.6 is 23.5 Å². The second-order valence-electron chi connectivity index (χ2n) is 6.37. The van der Waals surface area contributed by atoms with E-state index in [1.165, 1.54) is 7.11 Å². The molecule has 0 unspecified atom stereocenters. The largest absolute Gasteiger partial charge is 0.496 e. The summed E-state index contributed by atoms with van der Waals surface area (Å²) in [6.45, 7) is 2.45. The Morgan fingerprint density at radius 3 is 2.79 bits per heavy atom. The summed E-state index contributed by atoms with van der Waals surface area (Å²) in [6, 6.07) is 13.1. The molecule has 1 heterocycles. The first-order valence-electron chi connectivity index (χ1n) is 8.98. The molecule has 2 aromatic rings. The van der Waals surface area contributed by atoms with Crippen molar-refractivity contribution in [1.82, 2.24) is 0 Å². The first-order chi connectivity index (χ1) is 13.5. The first kappa shape index (κ1) is 20.6. The third-order valence-corrected chi connectivity index (χ3v) is 6.46. The van der Waals surface area contributed by atoms with E-state index in [2.05, 4.69) is 6.92 Å². The topological polar surface area (TPSA) is 55.8 Å². The summed E-state index contributed by atoms with van der Waals surface area (Å²) in [5, 5.41) is 0.417. The summed E-state index contributed by atoms with van der Waals surface area (Å²) in [7, 11) is 1.51. The molecule has 1 aliphatic heterocycles.